The number of halogens is 1. The highest BCUT2D eigenvalue weighted by molar-refractivity contribution is 9.10. The molecule has 1 saturated carbocycles. The number of piperidine rings is 1. The lowest BCUT2D eigenvalue weighted by molar-refractivity contribution is -0.138. The number of fused-ring (bicyclic) bond motifs is 2. The Hall–Kier alpha value is -3.97. The Labute approximate surface area is 256 Å². The number of aryl methyl sites for hydroxylation is 1. The summed E-state index contributed by atoms with van der Waals surface area (Å²) in [5, 5.41) is 7.93. The highest BCUT2D eigenvalue weighted by atomic mass is 79.9. The molecule has 2 amide bonds. The molecular formula is C30H29BrN6O5S. The largest absolute Gasteiger partial charge is 0.325 e. The average Bonchev–Trinajstić information content (AvgIpc) is 3.31. The van der Waals surface area contributed by atoms with Gasteiger partial charge in [-0.3, -0.25) is 24.0 Å². The van der Waals surface area contributed by atoms with Crippen molar-refractivity contribution < 1.29 is 22.8 Å². The molecule has 1 aliphatic carbocycles. The van der Waals surface area contributed by atoms with E-state index < -0.39 is 15.9 Å². The van der Waals surface area contributed by atoms with Gasteiger partial charge in [-0.15, -0.1) is 0 Å². The van der Waals surface area contributed by atoms with Crippen molar-refractivity contribution in [3.05, 3.63) is 64.7 Å². The van der Waals surface area contributed by atoms with Gasteiger partial charge in [-0.25, -0.2) is 13.4 Å². The zero-order chi connectivity index (χ0) is 30.8. The minimum absolute atomic E-state index is 0.0531. The van der Waals surface area contributed by atoms with E-state index in [0.717, 1.165) is 18.2 Å². The Morgan fingerprint density at radius 3 is 2.58 bits per heavy atom. The first-order valence-electron chi connectivity index (χ1n) is 13.7. The SMILES string of the molecule is CC(=O)c1nn(CC(=O)N2[C@H](C(=O)Nc3nc(Br)ccc3C)C[C@@]3(C)C[C@@H]23)c2ccc(-c3cncc(S(C)(=O)=O)c3)cc12. The predicted octanol–water partition coefficient (Wildman–Crippen LogP) is 4.19. The molecule has 1 aliphatic heterocycles. The van der Waals surface area contributed by atoms with E-state index >= 15 is 0 Å². The van der Waals surface area contributed by atoms with Crippen LogP contribution in [0.3, 0.4) is 0 Å². The van der Waals surface area contributed by atoms with Gasteiger partial charge >= 0.3 is 0 Å². The van der Waals surface area contributed by atoms with E-state index in [1.54, 1.807) is 35.4 Å². The van der Waals surface area contributed by atoms with Crippen molar-refractivity contribution in [3.8, 4) is 11.1 Å². The summed E-state index contributed by atoms with van der Waals surface area (Å²) in [4.78, 5) is 50.1. The van der Waals surface area contributed by atoms with Gasteiger partial charge in [0.1, 0.15) is 28.7 Å². The fourth-order valence-electron chi connectivity index (χ4n) is 5.92. The van der Waals surface area contributed by atoms with Gasteiger partial charge in [-0.05, 0) is 76.5 Å². The monoisotopic (exact) mass is 664 g/mol. The third-order valence-electron chi connectivity index (χ3n) is 8.37. The third kappa shape index (κ3) is 5.35. The maximum absolute atomic E-state index is 13.8. The number of sulfone groups is 1. The van der Waals surface area contributed by atoms with Crippen molar-refractivity contribution in [3.63, 3.8) is 0 Å². The van der Waals surface area contributed by atoms with E-state index in [0.29, 0.717) is 38.9 Å². The van der Waals surface area contributed by atoms with Crippen LogP contribution in [0.15, 0.2) is 58.3 Å². The van der Waals surface area contributed by atoms with Crippen LogP contribution in [0.2, 0.25) is 0 Å². The molecule has 1 N–H and O–H groups in total. The van der Waals surface area contributed by atoms with Gasteiger partial charge < -0.3 is 10.2 Å². The standard InChI is InChI=1S/C30H29BrN6O5S/c1-16-5-8-25(31)33-28(16)34-29(40)23-11-30(3)12-24(30)37(23)26(39)15-36-22-7-6-18(10-21(22)27(35-36)17(2)38)19-9-20(14-32-13-19)43(4,41)42/h5-10,13-14,23-24H,11-12,15H2,1-4H3,(H,33,34,40)/t23-,24+,30-/m0/s1. The van der Waals surface area contributed by atoms with Gasteiger partial charge in [0, 0.05) is 42.6 Å². The minimum Gasteiger partial charge on any atom is -0.325 e. The molecule has 4 heterocycles. The number of rotatable bonds is 7. The van der Waals surface area contributed by atoms with Crippen molar-refractivity contribution in [2.24, 2.45) is 5.41 Å². The zero-order valence-electron chi connectivity index (χ0n) is 24.0. The Morgan fingerprint density at radius 1 is 1.09 bits per heavy atom. The molecule has 4 aromatic rings. The third-order valence-corrected chi connectivity index (χ3v) is 9.90. The molecule has 1 saturated heterocycles. The molecule has 222 valence electrons. The summed E-state index contributed by atoms with van der Waals surface area (Å²) in [7, 11) is -3.46. The normalized spacial score (nSPS) is 21.1. The summed E-state index contributed by atoms with van der Waals surface area (Å²) < 4.78 is 26.2. The van der Waals surface area contributed by atoms with E-state index in [4.69, 9.17) is 0 Å². The molecule has 0 unspecified atom stereocenters. The summed E-state index contributed by atoms with van der Waals surface area (Å²) in [6, 6.07) is 9.74. The topological polar surface area (TPSA) is 144 Å². The maximum Gasteiger partial charge on any atom is 0.248 e. The number of aromatic nitrogens is 4. The van der Waals surface area contributed by atoms with Crippen LogP contribution in [-0.4, -0.2) is 69.0 Å². The summed E-state index contributed by atoms with van der Waals surface area (Å²) in [5.41, 5.74) is 2.67. The molecule has 6 rings (SSSR count). The Morgan fingerprint density at radius 2 is 1.86 bits per heavy atom. The minimum atomic E-state index is -3.46. The van der Waals surface area contributed by atoms with Crippen LogP contribution in [0.4, 0.5) is 5.82 Å². The predicted molar refractivity (Wildman–Crippen MR) is 163 cm³/mol. The first kappa shape index (κ1) is 29.1. The maximum atomic E-state index is 13.8. The number of hydrogen-bond donors (Lipinski definition) is 1. The molecule has 0 bridgehead atoms. The lowest BCUT2D eigenvalue weighted by Crippen LogP contribution is -2.47. The van der Waals surface area contributed by atoms with Crippen molar-refractivity contribution in [1.29, 1.82) is 0 Å². The second-order valence-corrected chi connectivity index (χ2v) is 14.5. The van der Waals surface area contributed by atoms with Crippen LogP contribution in [0, 0.1) is 12.3 Å². The van der Waals surface area contributed by atoms with Crippen LogP contribution in [-0.2, 0) is 26.0 Å². The number of nitrogens with zero attached hydrogens (tertiary/aromatic N) is 5. The van der Waals surface area contributed by atoms with Crippen LogP contribution in [0.5, 0.6) is 0 Å². The lowest BCUT2D eigenvalue weighted by Gasteiger charge is -2.27. The van der Waals surface area contributed by atoms with Crippen LogP contribution in [0.1, 0.15) is 42.7 Å². The Bertz CT molecular complexity index is 1960. The van der Waals surface area contributed by atoms with Gasteiger partial charge in [0.15, 0.2) is 15.6 Å². The highest BCUT2D eigenvalue weighted by Crippen LogP contribution is 2.59. The summed E-state index contributed by atoms with van der Waals surface area (Å²) in [6.45, 7) is 5.19. The number of nitrogens with one attached hydrogen (secondary N) is 1. The van der Waals surface area contributed by atoms with E-state index in [1.165, 1.54) is 23.9 Å². The van der Waals surface area contributed by atoms with Gasteiger partial charge in [0.25, 0.3) is 0 Å². The molecule has 2 aliphatic rings. The van der Waals surface area contributed by atoms with E-state index in [2.05, 4.69) is 43.2 Å². The average molecular weight is 666 g/mol. The number of hydrogen-bond acceptors (Lipinski definition) is 8. The summed E-state index contributed by atoms with van der Waals surface area (Å²) in [6.07, 6.45) is 5.32. The number of benzene rings is 1. The van der Waals surface area contributed by atoms with Crippen LogP contribution >= 0.6 is 15.9 Å². The molecule has 2 fully saturated rings. The molecule has 1 aromatic carbocycles. The Kier molecular flexibility index (Phi) is 7.00. The number of anilines is 1. The Balaban J connectivity index is 1.30. The number of ketones is 1. The zero-order valence-corrected chi connectivity index (χ0v) is 26.4. The van der Waals surface area contributed by atoms with E-state index in [1.807, 2.05) is 13.0 Å². The van der Waals surface area contributed by atoms with Gasteiger partial charge in [0.2, 0.25) is 11.8 Å². The number of amides is 2. The number of carbonyl (C=O) groups excluding carboxylic acids is 3. The number of likely N-dealkylation sites (tertiary alicyclic amines) is 1. The molecule has 0 spiro atoms. The first-order valence-corrected chi connectivity index (χ1v) is 16.4. The molecule has 43 heavy (non-hydrogen) atoms. The van der Waals surface area contributed by atoms with Gasteiger partial charge in [0.05, 0.1) is 10.4 Å². The fourth-order valence-corrected chi connectivity index (χ4v) is 6.82. The van der Waals surface area contributed by atoms with Crippen LogP contribution < -0.4 is 5.32 Å². The van der Waals surface area contributed by atoms with Crippen LogP contribution in [0.25, 0.3) is 22.0 Å². The van der Waals surface area contributed by atoms with Crippen molar-refractivity contribution >= 4 is 60.1 Å². The molecular weight excluding hydrogens is 636 g/mol. The number of Topliss-reactive ketones (excluding diaryl/α,β-unsaturated/α-hetero) is 1. The second-order valence-electron chi connectivity index (χ2n) is 11.7. The molecule has 0 radical (unpaired) electrons. The number of pyridine rings is 2. The number of carbonyl (C=O) groups is 3. The summed E-state index contributed by atoms with van der Waals surface area (Å²) >= 11 is 3.34. The first-order chi connectivity index (χ1) is 20.2. The van der Waals surface area contributed by atoms with Crippen molar-refractivity contribution in [1.82, 2.24) is 24.6 Å². The molecule has 3 atom stereocenters. The quantitative estimate of drug-likeness (QED) is 0.229. The lowest BCUT2D eigenvalue weighted by atomic mass is 10.0. The van der Waals surface area contributed by atoms with Crippen molar-refractivity contribution in [2.45, 2.75) is 57.1 Å². The van der Waals surface area contributed by atoms with E-state index in [9.17, 15) is 22.8 Å². The summed E-state index contributed by atoms with van der Waals surface area (Å²) in [5.74, 6) is -0.394. The van der Waals surface area contributed by atoms with Crippen molar-refractivity contribution in [2.75, 3.05) is 11.6 Å². The highest BCUT2D eigenvalue weighted by Gasteiger charge is 2.64. The van der Waals surface area contributed by atoms with E-state index in [-0.39, 0.29) is 46.2 Å². The second kappa shape index (κ2) is 10.3. The van der Waals surface area contributed by atoms with Gasteiger partial charge in [-0.2, -0.15) is 5.10 Å². The molecule has 13 heteroatoms. The van der Waals surface area contributed by atoms with Gasteiger partial charge in [-0.1, -0.05) is 19.1 Å². The molecule has 11 nitrogen and oxygen atoms in total. The smallest absolute Gasteiger partial charge is 0.248 e. The molecule has 3 aromatic heterocycles. The fraction of sp³-hybridized carbons (Fsp3) is 0.333.